The molecule has 2 fully saturated rings. The van der Waals surface area contributed by atoms with Gasteiger partial charge in [0.15, 0.2) is 0 Å². The zero-order valence-corrected chi connectivity index (χ0v) is 9.85. The molecule has 2 aliphatic rings. The van der Waals surface area contributed by atoms with E-state index < -0.39 is 0 Å². The Hall–Kier alpha value is -1.49. The molecule has 1 amide bonds. The molecule has 0 spiro atoms. The second-order valence-corrected chi connectivity index (χ2v) is 4.91. The maximum Gasteiger partial charge on any atom is 0.270 e. The summed E-state index contributed by atoms with van der Waals surface area (Å²) in [7, 11) is 0. The van der Waals surface area contributed by atoms with Gasteiger partial charge in [0.25, 0.3) is 5.91 Å². The van der Waals surface area contributed by atoms with Crippen LogP contribution < -0.4 is 5.73 Å². The molecule has 5 heteroatoms. The van der Waals surface area contributed by atoms with Crippen molar-refractivity contribution in [1.82, 2.24) is 14.8 Å². The first-order valence-electron chi connectivity index (χ1n) is 6.21. The van der Waals surface area contributed by atoms with E-state index in [0.29, 0.717) is 11.4 Å². The fourth-order valence-electron chi connectivity index (χ4n) is 2.43. The Labute approximate surface area is 101 Å². The van der Waals surface area contributed by atoms with E-state index in [9.17, 15) is 4.79 Å². The normalized spacial score (nSPS) is 21.8. The monoisotopic (exact) mass is 234 g/mol. The number of amides is 1. The summed E-state index contributed by atoms with van der Waals surface area (Å²) in [6.45, 7) is 3.67. The predicted molar refractivity (Wildman–Crippen MR) is 65.7 cm³/mol. The number of hydrogen-bond donors (Lipinski definition) is 2. The molecule has 1 aromatic heterocycles. The summed E-state index contributed by atoms with van der Waals surface area (Å²) in [5.74, 6) is 0.0668. The van der Waals surface area contributed by atoms with E-state index in [1.807, 2.05) is 4.90 Å². The Morgan fingerprint density at radius 3 is 2.53 bits per heavy atom. The number of nitrogens with zero attached hydrogens (tertiary/aromatic N) is 2. The lowest BCUT2D eigenvalue weighted by Gasteiger charge is -2.34. The molecule has 5 nitrogen and oxygen atoms in total. The number of aromatic nitrogens is 1. The van der Waals surface area contributed by atoms with Crippen LogP contribution in [-0.4, -0.2) is 52.9 Å². The van der Waals surface area contributed by atoms with Crippen LogP contribution in [0, 0.1) is 0 Å². The van der Waals surface area contributed by atoms with Gasteiger partial charge in [-0.15, -0.1) is 0 Å². The number of nitrogen functional groups attached to an aromatic ring is 1. The van der Waals surface area contributed by atoms with Gasteiger partial charge in [-0.25, -0.2) is 0 Å². The fraction of sp³-hybridized carbons (Fsp3) is 0.583. The second-order valence-electron chi connectivity index (χ2n) is 4.91. The number of nitrogens with two attached hydrogens (primary N) is 1. The van der Waals surface area contributed by atoms with Gasteiger partial charge in [0.05, 0.1) is 0 Å². The first-order chi connectivity index (χ1) is 8.24. The van der Waals surface area contributed by atoms with Crippen LogP contribution in [0.1, 0.15) is 23.3 Å². The van der Waals surface area contributed by atoms with Crippen LogP contribution >= 0.6 is 0 Å². The van der Waals surface area contributed by atoms with Gasteiger partial charge < -0.3 is 15.6 Å². The molecule has 1 aliphatic carbocycles. The number of rotatable bonds is 2. The Morgan fingerprint density at radius 2 is 2.00 bits per heavy atom. The van der Waals surface area contributed by atoms with Gasteiger partial charge in [0, 0.05) is 44.1 Å². The standard InChI is InChI=1S/C12H18N4O/c13-9-7-11(14-8-9)12(17)16-5-3-15(4-6-16)10-1-2-10/h7-8,10,14H,1-6,13H2. The van der Waals surface area contributed by atoms with Crippen LogP contribution in [0.25, 0.3) is 0 Å². The lowest BCUT2D eigenvalue weighted by Crippen LogP contribution is -2.49. The topological polar surface area (TPSA) is 65.4 Å². The molecule has 0 bridgehead atoms. The largest absolute Gasteiger partial charge is 0.397 e. The van der Waals surface area contributed by atoms with Crippen molar-refractivity contribution in [2.75, 3.05) is 31.9 Å². The van der Waals surface area contributed by atoms with Crippen LogP contribution in [0.2, 0.25) is 0 Å². The molecule has 2 heterocycles. The van der Waals surface area contributed by atoms with Crippen molar-refractivity contribution in [3.8, 4) is 0 Å². The number of H-pyrrole nitrogens is 1. The van der Waals surface area contributed by atoms with Crippen molar-refractivity contribution in [2.24, 2.45) is 0 Å². The number of anilines is 1. The summed E-state index contributed by atoms with van der Waals surface area (Å²) >= 11 is 0. The van der Waals surface area contributed by atoms with Crippen LogP contribution in [0.15, 0.2) is 12.3 Å². The van der Waals surface area contributed by atoms with Crippen molar-refractivity contribution in [3.63, 3.8) is 0 Å². The maximum atomic E-state index is 12.1. The highest BCUT2D eigenvalue weighted by Gasteiger charge is 2.32. The Kier molecular flexibility index (Phi) is 2.55. The molecular formula is C12H18N4O. The van der Waals surface area contributed by atoms with E-state index in [4.69, 9.17) is 5.73 Å². The first kappa shape index (κ1) is 10.7. The number of carbonyl (C=O) groups is 1. The van der Waals surface area contributed by atoms with Gasteiger partial charge in [0.1, 0.15) is 5.69 Å². The molecule has 1 aromatic rings. The molecule has 1 saturated carbocycles. The van der Waals surface area contributed by atoms with Crippen molar-refractivity contribution < 1.29 is 4.79 Å². The van der Waals surface area contributed by atoms with Gasteiger partial charge in [-0.1, -0.05) is 0 Å². The summed E-state index contributed by atoms with van der Waals surface area (Å²) in [4.78, 5) is 19.4. The van der Waals surface area contributed by atoms with E-state index in [1.165, 1.54) is 12.8 Å². The smallest absolute Gasteiger partial charge is 0.270 e. The molecule has 3 N–H and O–H groups in total. The minimum atomic E-state index is 0.0668. The zero-order chi connectivity index (χ0) is 11.8. The molecule has 0 radical (unpaired) electrons. The highest BCUT2D eigenvalue weighted by Crippen LogP contribution is 2.27. The second kappa shape index (κ2) is 4.07. The summed E-state index contributed by atoms with van der Waals surface area (Å²) in [5.41, 5.74) is 6.82. The third kappa shape index (κ3) is 2.15. The SMILES string of the molecule is Nc1c[nH]c(C(=O)N2CCN(C3CC3)CC2)c1. The van der Waals surface area contributed by atoms with Gasteiger partial charge in [0.2, 0.25) is 0 Å². The molecule has 92 valence electrons. The van der Waals surface area contributed by atoms with E-state index >= 15 is 0 Å². The highest BCUT2D eigenvalue weighted by molar-refractivity contribution is 5.93. The van der Waals surface area contributed by atoms with Gasteiger partial charge >= 0.3 is 0 Å². The van der Waals surface area contributed by atoms with Crippen molar-refractivity contribution in [2.45, 2.75) is 18.9 Å². The molecule has 17 heavy (non-hydrogen) atoms. The van der Waals surface area contributed by atoms with Crippen LogP contribution in [0.4, 0.5) is 5.69 Å². The first-order valence-corrected chi connectivity index (χ1v) is 6.21. The molecule has 1 saturated heterocycles. The number of piperazine rings is 1. The van der Waals surface area contributed by atoms with E-state index in [-0.39, 0.29) is 5.91 Å². The van der Waals surface area contributed by atoms with Gasteiger partial charge in [-0.05, 0) is 18.9 Å². The lowest BCUT2D eigenvalue weighted by atomic mass is 10.2. The minimum absolute atomic E-state index is 0.0668. The van der Waals surface area contributed by atoms with Crippen LogP contribution in [0.5, 0.6) is 0 Å². The minimum Gasteiger partial charge on any atom is -0.397 e. The van der Waals surface area contributed by atoms with Crippen molar-refractivity contribution in [3.05, 3.63) is 18.0 Å². The third-order valence-electron chi connectivity index (χ3n) is 3.60. The lowest BCUT2D eigenvalue weighted by molar-refractivity contribution is 0.0622. The molecule has 0 aromatic carbocycles. The fourth-order valence-corrected chi connectivity index (χ4v) is 2.43. The number of nitrogens with one attached hydrogen (secondary N) is 1. The predicted octanol–water partition coefficient (Wildman–Crippen LogP) is 0.517. The van der Waals surface area contributed by atoms with Crippen molar-refractivity contribution in [1.29, 1.82) is 0 Å². The number of hydrogen-bond acceptors (Lipinski definition) is 3. The van der Waals surface area contributed by atoms with E-state index in [0.717, 1.165) is 32.2 Å². The molecular weight excluding hydrogens is 216 g/mol. The van der Waals surface area contributed by atoms with Gasteiger partial charge in [-0.2, -0.15) is 0 Å². The Balaban J connectivity index is 1.60. The molecule has 0 unspecified atom stereocenters. The summed E-state index contributed by atoms with van der Waals surface area (Å²) in [6.07, 6.45) is 4.33. The third-order valence-corrected chi connectivity index (χ3v) is 3.60. The zero-order valence-electron chi connectivity index (χ0n) is 9.85. The Morgan fingerprint density at radius 1 is 1.29 bits per heavy atom. The van der Waals surface area contributed by atoms with Gasteiger partial charge in [-0.3, -0.25) is 9.69 Å². The van der Waals surface area contributed by atoms with Crippen molar-refractivity contribution >= 4 is 11.6 Å². The highest BCUT2D eigenvalue weighted by atomic mass is 16.2. The number of carbonyl (C=O) groups excluding carboxylic acids is 1. The average Bonchev–Trinajstić information content (AvgIpc) is 3.11. The summed E-state index contributed by atoms with van der Waals surface area (Å²) < 4.78 is 0. The molecule has 1 aliphatic heterocycles. The van der Waals surface area contributed by atoms with E-state index in [1.54, 1.807) is 12.3 Å². The Bertz CT molecular complexity index is 416. The van der Waals surface area contributed by atoms with Crippen LogP contribution in [-0.2, 0) is 0 Å². The maximum absolute atomic E-state index is 12.1. The molecule has 3 rings (SSSR count). The summed E-state index contributed by atoms with van der Waals surface area (Å²) in [6, 6.07) is 2.50. The molecule has 0 atom stereocenters. The average molecular weight is 234 g/mol. The summed E-state index contributed by atoms with van der Waals surface area (Å²) in [5, 5.41) is 0. The van der Waals surface area contributed by atoms with Crippen LogP contribution in [0.3, 0.4) is 0 Å². The quantitative estimate of drug-likeness (QED) is 0.784. The number of aromatic amines is 1. The van der Waals surface area contributed by atoms with E-state index in [2.05, 4.69) is 9.88 Å².